The Morgan fingerprint density at radius 1 is 1.07 bits per heavy atom. The number of anilines is 2. The molecule has 0 atom stereocenters. The number of fused-ring (bicyclic) bond motifs is 1. The van der Waals surface area contributed by atoms with Gasteiger partial charge in [-0.1, -0.05) is 6.42 Å². The van der Waals surface area contributed by atoms with Crippen LogP contribution < -0.4 is 15.5 Å². The lowest BCUT2D eigenvalue weighted by atomic mass is 9.62. The highest BCUT2D eigenvalue weighted by molar-refractivity contribution is 6.10. The number of alkyl halides is 3. The van der Waals surface area contributed by atoms with Crippen LogP contribution in [0, 0.1) is 0 Å². The zero-order valence-electron chi connectivity index (χ0n) is 25.9. The van der Waals surface area contributed by atoms with Gasteiger partial charge in [-0.25, -0.2) is 4.98 Å². The first-order valence-corrected chi connectivity index (χ1v) is 15.4. The Hall–Kier alpha value is -3.51. The number of rotatable bonds is 11. The average Bonchev–Trinajstić information content (AvgIpc) is 3.49. The summed E-state index contributed by atoms with van der Waals surface area (Å²) in [4.78, 5) is 22.1. The van der Waals surface area contributed by atoms with E-state index >= 15 is 0 Å². The number of carbonyl (C=O) groups excluding carboxylic acids is 1. The van der Waals surface area contributed by atoms with Crippen LogP contribution in [0.4, 0.5) is 24.8 Å². The van der Waals surface area contributed by atoms with E-state index in [2.05, 4.69) is 32.7 Å². The van der Waals surface area contributed by atoms with E-state index < -0.39 is 17.6 Å². The summed E-state index contributed by atoms with van der Waals surface area (Å²) in [5.41, 5.74) is 0.525. The number of aromatic nitrogens is 4. The Morgan fingerprint density at radius 3 is 2.41 bits per heavy atom. The second-order valence-corrected chi connectivity index (χ2v) is 13.3. The van der Waals surface area contributed by atoms with Gasteiger partial charge < -0.3 is 20.1 Å². The average molecular weight is 611 g/mol. The summed E-state index contributed by atoms with van der Waals surface area (Å²) in [7, 11) is 5.88. The topological polar surface area (TPSA) is 91.2 Å². The molecule has 2 saturated carbocycles. The molecule has 2 aromatic heterocycles. The van der Waals surface area contributed by atoms with Gasteiger partial charge in [0.05, 0.1) is 12.1 Å². The van der Waals surface area contributed by atoms with Crippen molar-refractivity contribution in [2.75, 3.05) is 37.4 Å². The maximum absolute atomic E-state index is 14.4. The number of halogens is 3. The minimum Gasteiger partial charge on any atom is -0.369 e. The van der Waals surface area contributed by atoms with Crippen molar-refractivity contribution in [3.63, 3.8) is 0 Å². The molecular weight excluding hydrogens is 569 g/mol. The molecule has 2 fully saturated rings. The monoisotopic (exact) mass is 610 g/mol. The van der Waals surface area contributed by atoms with E-state index in [4.69, 9.17) is 4.98 Å². The summed E-state index contributed by atoms with van der Waals surface area (Å²) in [6.45, 7) is 3.57. The highest BCUT2D eigenvalue weighted by Crippen LogP contribution is 2.48. The summed E-state index contributed by atoms with van der Waals surface area (Å²) >= 11 is 0. The highest BCUT2D eigenvalue weighted by atomic mass is 19.4. The summed E-state index contributed by atoms with van der Waals surface area (Å²) < 4.78 is 45.1. The van der Waals surface area contributed by atoms with Crippen molar-refractivity contribution in [3.05, 3.63) is 64.2 Å². The molecule has 0 saturated heterocycles. The smallest absolute Gasteiger partial charge is 0.369 e. The Morgan fingerprint density at radius 2 is 1.82 bits per heavy atom. The van der Waals surface area contributed by atoms with Crippen LogP contribution in [0.5, 0.6) is 0 Å². The van der Waals surface area contributed by atoms with Crippen LogP contribution in [0.15, 0.2) is 30.6 Å². The maximum atomic E-state index is 14.4. The van der Waals surface area contributed by atoms with Crippen LogP contribution >= 0.6 is 0 Å². The molecule has 44 heavy (non-hydrogen) atoms. The van der Waals surface area contributed by atoms with E-state index in [0.717, 1.165) is 56.5 Å². The molecule has 2 N–H and O–H groups in total. The van der Waals surface area contributed by atoms with Crippen molar-refractivity contribution < 1.29 is 18.0 Å². The molecule has 9 nitrogen and oxygen atoms in total. The second-order valence-electron chi connectivity index (χ2n) is 13.3. The lowest BCUT2D eigenvalue weighted by Crippen LogP contribution is -2.47. The Labute approximate surface area is 256 Å². The van der Waals surface area contributed by atoms with Crippen LogP contribution in [0.3, 0.4) is 0 Å². The number of carbonyl (C=O) groups is 1. The summed E-state index contributed by atoms with van der Waals surface area (Å²) in [5.74, 6) is 1.36. The maximum Gasteiger partial charge on any atom is 0.416 e. The Kier molecular flexibility index (Phi) is 7.94. The van der Waals surface area contributed by atoms with E-state index in [1.165, 1.54) is 11.0 Å². The molecule has 236 valence electrons. The predicted molar refractivity (Wildman–Crippen MR) is 163 cm³/mol. The van der Waals surface area contributed by atoms with Gasteiger partial charge in [0.25, 0.3) is 5.91 Å². The number of nitrogens with one attached hydrogen (secondary N) is 2. The number of hydrogen-bond acceptors (Lipinski definition) is 7. The SMILES string of the molecule is CN(C)CCNc1cc(C2(Cc3nncn3C)CCC2)cc(N2Cc3c(cc(CNC4(C)CCC4)cc3C(F)(F)F)C2=O)n1. The van der Waals surface area contributed by atoms with E-state index in [9.17, 15) is 18.0 Å². The number of nitrogens with zero attached hydrogens (tertiary/aromatic N) is 6. The van der Waals surface area contributed by atoms with Crippen molar-refractivity contribution in [1.29, 1.82) is 0 Å². The first-order valence-electron chi connectivity index (χ1n) is 15.4. The van der Waals surface area contributed by atoms with Crippen molar-refractivity contribution >= 4 is 17.5 Å². The number of benzene rings is 1. The minimum absolute atomic E-state index is 0.00729. The van der Waals surface area contributed by atoms with E-state index in [-0.39, 0.29) is 35.2 Å². The molecule has 1 aromatic carbocycles. The molecule has 3 aliphatic rings. The molecule has 3 aromatic rings. The fourth-order valence-electron chi connectivity index (χ4n) is 6.61. The molecule has 2 aliphatic carbocycles. The third-order valence-corrected chi connectivity index (χ3v) is 9.76. The van der Waals surface area contributed by atoms with Crippen LogP contribution in [0.1, 0.15) is 83.9 Å². The lowest BCUT2D eigenvalue weighted by Gasteiger charge is -2.42. The van der Waals surface area contributed by atoms with Gasteiger partial charge in [0, 0.05) is 49.6 Å². The zero-order valence-corrected chi connectivity index (χ0v) is 25.9. The molecule has 12 heteroatoms. The van der Waals surface area contributed by atoms with Crippen LogP contribution in [-0.2, 0) is 38.1 Å². The molecule has 1 amide bonds. The molecule has 0 spiro atoms. The molecule has 0 radical (unpaired) electrons. The molecule has 1 aliphatic heterocycles. The number of aryl methyl sites for hydroxylation is 1. The van der Waals surface area contributed by atoms with Crippen molar-refractivity contribution in [3.8, 4) is 0 Å². The van der Waals surface area contributed by atoms with Gasteiger partial charge in [-0.05, 0) is 94.1 Å². The quantitative estimate of drug-likeness (QED) is 0.314. The van der Waals surface area contributed by atoms with Crippen molar-refractivity contribution in [2.45, 2.75) is 82.1 Å². The second kappa shape index (κ2) is 11.4. The number of amides is 1. The minimum atomic E-state index is -4.59. The summed E-state index contributed by atoms with van der Waals surface area (Å²) in [5, 5.41) is 15.2. The van der Waals surface area contributed by atoms with Crippen molar-refractivity contribution in [2.24, 2.45) is 7.05 Å². The van der Waals surface area contributed by atoms with Crippen LogP contribution in [-0.4, -0.2) is 63.3 Å². The van der Waals surface area contributed by atoms with Gasteiger partial charge in [0.2, 0.25) is 0 Å². The molecule has 0 bridgehead atoms. The lowest BCUT2D eigenvalue weighted by molar-refractivity contribution is -0.138. The fourth-order valence-corrected chi connectivity index (χ4v) is 6.61. The Bertz CT molecular complexity index is 1540. The largest absolute Gasteiger partial charge is 0.416 e. The zero-order chi connectivity index (χ0) is 31.3. The van der Waals surface area contributed by atoms with Gasteiger partial charge in [0.15, 0.2) is 0 Å². The fraction of sp³-hybridized carbons (Fsp3) is 0.562. The molecule has 0 unspecified atom stereocenters. The first kappa shape index (κ1) is 30.5. The Balaban J connectivity index is 1.36. The summed E-state index contributed by atoms with van der Waals surface area (Å²) in [6.07, 6.45) is 3.77. The molecule has 3 heterocycles. The van der Waals surface area contributed by atoms with Crippen LogP contribution in [0.25, 0.3) is 0 Å². The third kappa shape index (κ3) is 5.93. The van der Waals surface area contributed by atoms with Gasteiger partial charge in [0.1, 0.15) is 23.8 Å². The third-order valence-electron chi connectivity index (χ3n) is 9.76. The molecular formula is C32H41F3N8O. The van der Waals surface area contributed by atoms with Crippen molar-refractivity contribution in [1.82, 2.24) is 30.0 Å². The number of pyridine rings is 1. The van der Waals surface area contributed by atoms with Crippen LogP contribution in [0.2, 0.25) is 0 Å². The summed E-state index contributed by atoms with van der Waals surface area (Å²) in [6, 6.07) is 6.74. The van der Waals surface area contributed by atoms with Gasteiger partial charge in [-0.3, -0.25) is 9.69 Å². The molecule has 6 rings (SSSR count). The van der Waals surface area contributed by atoms with Gasteiger partial charge in [-0.2, -0.15) is 13.2 Å². The van der Waals surface area contributed by atoms with Gasteiger partial charge >= 0.3 is 6.18 Å². The number of hydrogen-bond donors (Lipinski definition) is 2. The van der Waals surface area contributed by atoms with Gasteiger partial charge in [-0.15, -0.1) is 10.2 Å². The van der Waals surface area contributed by atoms with E-state index in [1.54, 1.807) is 12.4 Å². The van der Waals surface area contributed by atoms with E-state index in [1.807, 2.05) is 37.8 Å². The standard InChI is InChI=1S/C32H41F3N8O/c1-30(7-5-8-30)37-18-21-13-23-24(25(14-21)32(33,34)35)19-43(29(23)44)27-16-22(15-26(39-27)36-11-12-41(2)3)31(9-6-10-31)17-28-40-38-20-42(28)4/h13-16,20,37H,5-12,17-19H2,1-4H3,(H,36,39). The normalized spacial score (nSPS) is 18.7. The van der Waals surface area contributed by atoms with E-state index in [0.29, 0.717) is 30.2 Å². The highest BCUT2D eigenvalue weighted by Gasteiger charge is 2.43. The first-order chi connectivity index (χ1) is 20.9. The predicted octanol–water partition coefficient (Wildman–Crippen LogP) is 5.06. The number of likely N-dealkylation sites (N-methyl/N-ethyl adjacent to an activating group) is 1.